The number of halogens is 1. The Morgan fingerprint density at radius 1 is 1.12 bits per heavy atom. The van der Waals surface area contributed by atoms with E-state index in [2.05, 4.69) is 63.0 Å². The summed E-state index contributed by atoms with van der Waals surface area (Å²) >= 11 is 8.97. The standard InChI is InChI=1S/C19H17BrN2OS/c1-23-14-8-4-11-5-9-15-17(12-2-6-13(20)7-3-12)21-19(24)22-18(15)16(11)10-14/h2-4,6-8,10,17H,5,9H2,1H3,(H2,21,22,24)/t17-/m1/s1. The summed E-state index contributed by atoms with van der Waals surface area (Å²) < 4.78 is 6.49. The van der Waals surface area contributed by atoms with Gasteiger partial charge in [0.25, 0.3) is 0 Å². The molecule has 0 saturated heterocycles. The number of rotatable bonds is 2. The third-order valence-electron chi connectivity index (χ3n) is 4.64. The molecular weight excluding hydrogens is 384 g/mol. The van der Waals surface area contributed by atoms with E-state index in [1.807, 2.05) is 6.07 Å². The number of hydrogen-bond acceptors (Lipinski definition) is 2. The Morgan fingerprint density at radius 3 is 2.67 bits per heavy atom. The normalized spacial score (nSPS) is 19.1. The second-order valence-electron chi connectivity index (χ2n) is 6.01. The molecule has 0 amide bonds. The second-order valence-corrected chi connectivity index (χ2v) is 7.33. The summed E-state index contributed by atoms with van der Waals surface area (Å²) in [6, 6.07) is 14.8. The Morgan fingerprint density at radius 2 is 1.92 bits per heavy atom. The fourth-order valence-electron chi connectivity index (χ4n) is 3.44. The molecule has 0 aromatic heterocycles. The number of methoxy groups -OCH3 is 1. The topological polar surface area (TPSA) is 33.3 Å². The van der Waals surface area contributed by atoms with Gasteiger partial charge in [0, 0.05) is 15.7 Å². The van der Waals surface area contributed by atoms with Crippen LogP contribution < -0.4 is 15.4 Å². The molecule has 1 aliphatic carbocycles. The molecule has 0 fully saturated rings. The number of benzene rings is 2. The van der Waals surface area contributed by atoms with Gasteiger partial charge < -0.3 is 15.4 Å². The summed E-state index contributed by atoms with van der Waals surface area (Å²) in [6.07, 6.45) is 2.04. The van der Waals surface area contributed by atoms with Gasteiger partial charge in [0.15, 0.2) is 5.11 Å². The highest BCUT2D eigenvalue weighted by Crippen LogP contribution is 2.40. The van der Waals surface area contributed by atoms with Crippen molar-refractivity contribution >= 4 is 39.0 Å². The maximum absolute atomic E-state index is 5.47. The molecule has 122 valence electrons. The van der Waals surface area contributed by atoms with Crippen LogP contribution in [0, 0.1) is 0 Å². The monoisotopic (exact) mass is 400 g/mol. The van der Waals surface area contributed by atoms with E-state index < -0.39 is 0 Å². The van der Waals surface area contributed by atoms with E-state index in [4.69, 9.17) is 17.0 Å². The lowest BCUT2D eigenvalue weighted by molar-refractivity contribution is 0.414. The third kappa shape index (κ3) is 2.72. The van der Waals surface area contributed by atoms with Crippen molar-refractivity contribution in [2.75, 3.05) is 7.11 Å². The first-order valence-electron chi connectivity index (χ1n) is 7.89. The van der Waals surface area contributed by atoms with Crippen LogP contribution in [0.3, 0.4) is 0 Å². The maximum atomic E-state index is 5.47. The zero-order chi connectivity index (χ0) is 16.7. The molecule has 2 aromatic carbocycles. The second kappa shape index (κ2) is 6.22. The van der Waals surface area contributed by atoms with E-state index in [1.165, 1.54) is 22.3 Å². The average molecular weight is 401 g/mol. The van der Waals surface area contributed by atoms with Crippen molar-refractivity contribution in [1.82, 2.24) is 10.6 Å². The fraction of sp³-hybridized carbons (Fsp3) is 0.211. The summed E-state index contributed by atoms with van der Waals surface area (Å²) in [4.78, 5) is 0. The average Bonchev–Trinajstić information content (AvgIpc) is 2.61. The first kappa shape index (κ1) is 15.7. The Bertz CT molecular complexity index is 845. The lowest BCUT2D eigenvalue weighted by Gasteiger charge is -2.36. The molecule has 1 aliphatic heterocycles. The van der Waals surface area contributed by atoms with Crippen molar-refractivity contribution < 1.29 is 4.74 Å². The molecule has 2 aromatic rings. The molecule has 0 saturated carbocycles. The van der Waals surface area contributed by atoms with Crippen LogP contribution in [0.5, 0.6) is 5.75 Å². The number of nitrogens with one attached hydrogen (secondary N) is 2. The van der Waals surface area contributed by atoms with Crippen molar-refractivity contribution in [3.8, 4) is 5.75 Å². The fourth-order valence-corrected chi connectivity index (χ4v) is 3.93. The van der Waals surface area contributed by atoms with E-state index in [1.54, 1.807) is 7.11 Å². The lowest BCUT2D eigenvalue weighted by atomic mass is 9.83. The predicted molar refractivity (Wildman–Crippen MR) is 104 cm³/mol. The lowest BCUT2D eigenvalue weighted by Crippen LogP contribution is -2.44. The zero-order valence-electron chi connectivity index (χ0n) is 13.2. The van der Waals surface area contributed by atoms with Crippen LogP contribution in [0.15, 0.2) is 52.5 Å². The molecule has 0 radical (unpaired) electrons. The molecule has 0 bridgehead atoms. The van der Waals surface area contributed by atoms with Gasteiger partial charge in [-0.15, -0.1) is 0 Å². The van der Waals surface area contributed by atoms with Gasteiger partial charge in [0.2, 0.25) is 0 Å². The maximum Gasteiger partial charge on any atom is 0.171 e. The number of hydrogen-bond donors (Lipinski definition) is 2. The van der Waals surface area contributed by atoms with Gasteiger partial charge >= 0.3 is 0 Å². The molecule has 24 heavy (non-hydrogen) atoms. The number of aryl methyl sites for hydroxylation is 1. The summed E-state index contributed by atoms with van der Waals surface area (Å²) in [5, 5.41) is 7.46. The van der Waals surface area contributed by atoms with Crippen LogP contribution >= 0.6 is 28.1 Å². The smallest absolute Gasteiger partial charge is 0.171 e. The van der Waals surface area contributed by atoms with E-state index in [0.717, 1.165) is 28.8 Å². The van der Waals surface area contributed by atoms with Crippen LogP contribution in [-0.2, 0) is 6.42 Å². The summed E-state index contributed by atoms with van der Waals surface area (Å²) in [6.45, 7) is 0. The van der Waals surface area contributed by atoms with Crippen LogP contribution in [-0.4, -0.2) is 12.2 Å². The summed E-state index contributed by atoms with van der Waals surface area (Å²) in [5.41, 5.74) is 6.24. The van der Waals surface area contributed by atoms with Gasteiger partial charge in [0.1, 0.15) is 5.75 Å². The van der Waals surface area contributed by atoms with Gasteiger partial charge in [-0.25, -0.2) is 0 Å². The Hall–Kier alpha value is -1.85. The molecule has 2 N–H and O–H groups in total. The van der Waals surface area contributed by atoms with Gasteiger partial charge in [-0.05, 0) is 66.0 Å². The van der Waals surface area contributed by atoms with Crippen LogP contribution in [0.2, 0.25) is 0 Å². The molecule has 4 rings (SSSR count). The SMILES string of the molecule is COc1ccc2c(c1)C1=C(CC2)[C@@H](c2ccc(Br)cc2)NC(=S)N1. The number of ether oxygens (including phenoxy) is 1. The number of fused-ring (bicyclic) bond motifs is 2. The molecule has 1 heterocycles. The van der Waals surface area contributed by atoms with Gasteiger partial charge in [-0.3, -0.25) is 0 Å². The summed E-state index contributed by atoms with van der Waals surface area (Å²) in [5.74, 6) is 0.869. The highest BCUT2D eigenvalue weighted by atomic mass is 79.9. The Labute approximate surface area is 155 Å². The quantitative estimate of drug-likeness (QED) is 0.734. The van der Waals surface area contributed by atoms with Crippen molar-refractivity contribution in [1.29, 1.82) is 0 Å². The highest BCUT2D eigenvalue weighted by molar-refractivity contribution is 9.10. The van der Waals surface area contributed by atoms with E-state index in [0.29, 0.717) is 5.11 Å². The number of thiocarbonyl (C=S) groups is 1. The largest absolute Gasteiger partial charge is 0.497 e. The van der Waals surface area contributed by atoms with Gasteiger partial charge in [-0.2, -0.15) is 0 Å². The Balaban J connectivity index is 1.83. The van der Waals surface area contributed by atoms with Gasteiger partial charge in [-0.1, -0.05) is 34.1 Å². The minimum Gasteiger partial charge on any atom is -0.497 e. The third-order valence-corrected chi connectivity index (χ3v) is 5.39. The predicted octanol–water partition coefficient (Wildman–Crippen LogP) is 4.33. The molecule has 1 atom stereocenters. The zero-order valence-corrected chi connectivity index (χ0v) is 15.6. The minimum atomic E-state index is 0.112. The van der Waals surface area contributed by atoms with Gasteiger partial charge in [0.05, 0.1) is 13.2 Å². The van der Waals surface area contributed by atoms with E-state index in [-0.39, 0.29) is 6.04 Å². The van der Waals surface area contributed by atoms with Crippen LogP contribution in [0.25, 0.3) is 5.70 Å². The van der Waals surface area contributed by atoms with Crippen molar-refractivity contribution in [3.05, 3.63) is 69.2 Å². The molecule has 2 aliphatic rings. The summed E-state index contributed by atoms with van der Waals surface area (Å²) in [7, 11) is 1.70. The first-order valence-corrected chi connectivity index (χ1v) is 9.09. The van der Waals surface area contributed by atoms with Crippen molar-refractivity contribution in [2.24, 2.45) is 0 Å². The van der Waals surface area contributed by atoms with Crippen LogP contribution in [0.4, 0.5) is 0 Å². The van der Waals surface area contributed by atoms with Crippen LogP contribution in [0.1, 0.15) is 29.2 Å². The highest BCUT2D eigenvalue weighted by Gasteiger charge is 2.30. The molecule has 5 heteroatoms. The molecular formula is C19H17BrN2OS. The van der Waals surface area contributed by atoms with E-state index in [9.17, 15) is 0 Å². The van der Waals surface area contributed by atoms with Crippen molar-refractivity contribution in [2.45, 2.75) is 18.9 Å². The minimum absolute atomic E-state index is 0.112. The molecule has 0 spiro atoms. The van der Waals surface area contributed by atoms with Crippen molar-refractivity contribution in [3.63, 3.8) is 0 Å². The first-order chi connectivity index (χ1) is 11.7. The molecule has 3 nitrogen and oxygen atoms in total. The van der Waals surface area contributed by atoms with E-state index >= 15 is 0 Å². The molecule has 0 unspecified atom stereocenters. The Kier molecular flexibility index (Phi) is 4.06.